The molecule has 3 nitrogen and oxygen atoms in total. The zero-order valence-corrected chi connectivity index (χ0v) is 8.70. The third-order valence-corrected chi connectivity index (χ3v) is 2.74. The fourth-order valence-corrected chi connectivity index (χ4v) is 1.31. The van der Waals surface area contributed by atoms with Gasteiger partial charge in [-0.1, -0.05) is 26.8 Å². The zero-order chi connectivity index (χ0) is 10.9. The van der Waals surface area contributed by atoms with Crippen LogP contribution in [0.3, 0.4) is 0 Å². The maximum absolute atomic E-state index is 9.64. The molecule has 0 radical (unpaired) electrons. The molecule has 0 fully saturated rings. The van der Waals surface area contributed by atoms with Crippen molar-refractivity contribution in [3.8, 4) is 17.2 Å². The minimum atomic E-state index is -0.441. The monoisotopic (exact) mass is 196 g/mol. The van der Waals surface area contributed by atoms with E-state index in [1.807, 2.05) is 20.8 Å². The summed E-state index contributed by atoms with van der Waals surface area (Å²) >= 11 is 0. The van der Waals surface area contributed by atoms with Crippen LogP contribution in [0.25, 0.3) is 0 Å². The largest absolute Gasteiger partial charge is 0.504 e. The van der Waals surface area contributed by atoms with Crippen LogP contribution in [0.15, 0.2) is 12.1 Å². The molecule has 0 atom stereocenters. The van der Waals surface area contributed by atoms with Gasteiger partial charge >= 0.3 is 0 Å². The number of hydrogen-bond acceptors (Lipinski definition) is 3. The smallest absolute Gasteiger partial charge is 0.200 e. The Hall–Kier alpha value is -1.38. The van der Waals surface area contributed by atoms with E-state index in [1.54, 1.807) is 6.07 Å². The summed E-state index contributed by atoms with van der Waals surface area (Å²) in [6.45, 7) is 5.94. The second-order valence-corrected chi connectivity index (χ2v) is 4.07. The lowest BCUT2D eigenvalue weighted by atomic mass is 9.81. The molecule has 0 amide bonds. The summed E-state index contributed by atoms with van der Waals surface area (Å²) in [4.78, 5) is 0. The van der Waals surface area contributed by atoms with Gasteiger partial charge in [-0.2, -0.15) is 0 Å². The molecule has 0 saturated heterocycles. The summed E-state index contributed by atoms with van der Waals surface area (Å²) in [6.07, 6.45) is 0.838. The van der Waals surface area contributed by atoms with Crippen molar-refractivity contribution in [1.29, 1.82) is 0 Å². The number of phenols is 3. The Morgan fingerprint density at radius 2 is 1.64 bits per heavy atom. The lowest BCUT2D eigenvalue weighted by Crippen LogP contribution is -2.15. The highest BCUT2D eigenvalue weighted by molar-refractivity contribution is 5.55. The third-order valence-electron chi connectivity index (χ3n) is 2.74. The average Bonchev–Trinajstić information content (AvgIpc) is 2.14. The minimum Gasteiger partial charge on any atom is -0.504 e. The Bertz CT molecular complexity index is 343. The molecule has 0 unspecified atom stereocenters. The number of phenolic OH excluding ortho intramolecular Hbond substituents is 3. The molecule has 0 aliphatic carbocycles. The number of aromatic hydroxyl groups is 3. The summed E-state index contributed by atoms with van der Waals surface area (Å²) in [5.74, 6) is -0.959. The van der Waals surface area contributed by atoms with Gasteiger partial charge in [0.15, 0.2) is 11.5 Å². The second kappa shape index (κ2) is 3.40. The van der Waals surface area contributed by atoms with Gasteiger partial charge in [-0.25, -0.2) is 0 Å². The topological polar surface area (TPSA) is 60.7 Å². The van der Waals surface area contributed by atoms with Crippen molar-refractivity contribution >= 4 is 0 Å². The standard InChI is InChI=1S/C11H16O3/c1-4-11(2,3)7-5-6-8(12)10(14)9(7)13/h5-6,12-14H,4H2,1-3H3. The molecule has 1 aromatic carbocycles. The van der Waals surface area contributed by atoms with E-state index >= 15 is 0 Å². The molecule has 0 aromatic heterocycles. The van der Waals surface area contributed by atoms with Gasteiger partial charge in [-0.05, 0) is 17.9 Å². The van der Waals surface area contributed by atoms with Crippen LogP contribution < -0.4 is 0 Å². The molecule has 0 aliphatic rings. The van der Waals surface area contributed by atoms with E-state index in [9.17, 15) is 10.2 Å². The van der Waals surface area contributed by atoms with E-state index in [0.29, 0.717) is 5.56 Å². The highest BCUT2D eigenvalue weighted by atomic mass is 16.3. The fourth-order valence-electron chi connectivity index (χ4n) is 1.31. The number of benzene rings is 1. The molecule has 1 aromatic rings. The summed E-state index contributed by atoms with van der Waals surface area (Å²) in [5, 5.41) is 28.1. The van der Waals surface area contributed by atoms with Gasteiger partial charge in [0.05, 0.1) is 0 Å². The van der Waals surface area contributed by atoms with Crippen molar-refractivity contribution in [2.75, 3.05) is 0 Å². The summed E-state index contributed by atoms with van der Waals surface area (Å²) in [7, 11) is 0. The normalized spacial score (nSPS) is 11.6. The van der Waals surface area contributed by atoms with E-state index < -0.39 is 5.75 Å². The number of hydrogen-bond donors (Lipinski definition) is 3. The molecule has 1 rings (SSSR count). The molecule has 14 heavy (non-hydrogen) atoms. The van der Waals surface area contributed by atoms with E-state index in [0.717, 1.165) is 6.42 Å². The molecule has 0 bridgehead atoms. The Labute approximate surface area is 83.6 Å². The highest BCUT2D eigenvalue weighted by Gasteiger charge is 2.24. The fraction of sp³-hybridized carbons (Fsp3) is 0.455. The lowest BCUT2D eigenvalue weighted by molar-refractivity contribution is 0.355. The quantitative estimate of drug-likeness (QED) is 0.637. The van der Waals surface area contributed by atoms with Gasteiger partial charge in [0.25, 0.3) is 0 Å². The van der Waals surface area contributed by atoms with Crippen molar-refractivity contribution < 1.29 is 15.3 Å². The first-order valence-electron chi connectivity index (χ1n) is 4.64. The van der Waals surface area contributed by atoms with Gasteiger partial charge in [0.1, 0.15) is 0 Å². The van der Waals surface area contributed by atoms with Crippen LogP contribution in [0.4, 0.5) is 0 Å². The Morgan fingerprint density at radius 3 is 2.14 bits per heavy atom. The first kappa shape index (κ1) is 10.7. The van der Waals surface area contributed by atoms with Crippen molar-refractivity contribution in [2.45, 2.75) is 32.6 Å². The van der Waals surface area contributed by atoms with Crippen molar-refractivity contribution in [1.82, 2.24) is 0 Å². The summed E-state index contributed by atoms with van der Waals surface area (Å²) < 4.78 is 0. The van der Waals surface area contributed by atoms with E-state index in [-0.39, 0.29) is 16.9 Å². The van der Waals surface area contributed by atoms with Gasteiger partial charge in [0, 0.05) is 5.56 Å². The number of rotatable bonds is 2. The van der Waals surface area contributed by atoms with E-state index in [2.05, 4.69) is 0 Å². The minimum absolute atomic E-state index is 0.213. The Balaban J connectivity index is 3.31. The SMILES string of the molecule is CCC(C)(C)c1ccc(O)c(O)c1O. The Morgan fingerprint density at radius 1 is 1.07 bits per heavy atom. The second-order valence-electron chi connectivity index (χ2n) is 4.07. The first-order valence-corrected chi connectivity index (χ1v) is 4.64. The molecule has 0 spiro atoms. The molecule has 78 valence electrons. The molecular weight excluding hydrogens is 180 g/mol. The summed E-state index contributed by atoms with van der Waals surface area (Å²) in [5.41, 5.74) is 0.435. The predicted molar refractivity (Wildman–Crippen MR) is 54.8 cm³/mol. The van der Waals surface area contributed by atoms with Gasteiger partial charge in [-0.15, -0.1) is 0 Å². The average molecular weight is 196 g/mol. The van der Waals surface area contributed by atoms with Crippen LogP contribution in [0.2, 0.25) is 0 Å². The first-order chi connectivity index (χ1) is 6.40. The molecule has 3 N–H and O–H groups in total. The molecular formula is C11H16O3. The molecule has 0 saturated carbocycles. The maximum atomic E-state index is 9.64. The third kappa shape index (κ3) is 1.62. The van der Waals surface area contributed by atoms with Crippen LogP contribution in [-0.4, -0.2) is 15.3 Å². The summed E-state index contributed by atoms with van der Waals surface area (Å²) in [6, 6.07) is 3.02. The van der Waals surface area contributed by atoms with Gasteiger partial charge in [-0.3, -0.25) is 0 Å². The van der Waals surface area contributed by atoms with Crippen LogP contribution in [0.5, 0.6) is 17.2 Å². The van der Waals surface area contributed by atoms with Crippen LogP contribution in [-0.2, 0) is 5.41 Å². The highest BCUT2D eigenvalue weighted by Crippen LogP contribution is 2.43. The van der Waals surface area contributed by atoms with Gasteiger partial charge < -0.3 is 15.3 Å². The Kier molecular flexibility index (Phi) is 2.60. The predicted octanol–water partition coefficient (Wildman–Crippen LogP) is 2.49. The van der Waals surface area contributed by atoms with Crippen molar-refractivity contribution in [3.05, 3.63) is 17.7 Å². The van der Waals surface area contributed by atoms with Crippen LogP contribution >= 0.6 is 0 Å². The lowest BCUT2D eigenvalue weighted by Gasteiger charge is -2.24. The molecule has 0 heterocycles. The van der Waals surface area contributed by atoms with E-state index in [4.69, 9.17) is 5.11 Å². The van der Waals surface area contributed by atoms with Crippen LogP contribution in [0.1, 0.15) is 32.8 Å². The van der Waals surface area contributed by atoms with E-state index in [1.165, 1.54) is 6.07 Å². The van der Waals surface area contributed by atoms with Crippen molar-refractivity contribution in [3.63, 3.8) is 0 Å². The van der Waals surface area contributed by atoms with Gasteiger partial charge in [0.2, 0.25) is 5.75 Å². The van der Waals surface area contributed by atoms with Crippen molar-refractivity contribution in [2.24, 2.45) is 0 Å². The molecule has 0 aliphatic heterocycles. The van der Waals surface area contributed by atoms with Crippen LogP contribution in [0, 0.1) is 0 Å². The maximum Gasteiger partial charge on any atom is 0.200 e. The zero-order valence-electron chi connectivity index (χ0n) is 8.70. The molecule has 3 heteroatoms.